The predicted octanol–water partition coefficient (Wildman–Crippen LogP) is 4.91. The normalized spacial score (nSPS) is 15.6. The van der Waals surface area contributed by atoms with Crippen LogP contribution in [0.5, 0.6) is 0 Å². The summed E-state index contributed by atoms with van der Waals surface area (Å²) in [7, 11) is 1.86. The molecule has 4 rings (SSSR count). The van der Waals surface area contributed by atoms with Gasteiger partial charge >= 0.3 is 0 Å². The molecule has 0 spiro atoms. The molecule has 0 bridgehead atoms. The van der Waals surface area contributed by atoms with E-state index in [0.29, 0.717) is 18.3 Å². The monoisotopic (exact) mass is 432 g/mol. The molecule has 0 atom stereocenters. The second kappa shape index (κ2) is 9.25. The summed E-state index contributed by atoms with van der Waals surface area (Å²) in [4.78, 5) is 21.5. The Labute approximate surface area is 190 Å². The number of nitrogens with zero attached hydrogens (tertiary/aromatic N) is 4. The van der Waals surface area contributed by atoms with E-state index in [2.05, 4.69) is 60.1 Å². The molecule has 1 aliphatic heterocycles. The van der Waals surface area contributed by atoms with Gasteiger partial charge in [0.05, 0.1) is 6.54 Å². The Balaban J connectivity index is 1.31. The fourth-order valence-electron chi connectivity index (χ4n) is 4.14. The van der Waals surface area contributed by atoms with E-state index in [9.17, 15) is 4.79 Å². The Morgan fingerprint density at radius 1 is 1.06 bits per heavy atom. The van der Waals surface area contributed by atoms with Gasteiger partial charge in [0.25, 0.3) is 0 Å². The molecule has 0 radical (unpaired) electrons. The maximum atomic E-state index is 12.9. The van der Waals surface area contributed by atoms with Crippen LogP contribution in [0, 0.1) is 5.92 Å². The highest BCUT2D eigenvalue weighted by Crippen LogP contribution is 2.26. The molecule has 1 fully saturated rings. The average molecular weight is 433 g/mol. The first-order valence-corrected chi connectivity index (χ1v) is 11.3. The number of carbonyl (C=O) groups excluding carboxylic acids is 1. The van der Waals surface area contributed by atoms with Crippen molar-refractivity contribution in [2.24, 2.45) is 5.92 Å². The summed E-state index contributed by atoms with van der Waals surface area (Å²) in [5.41, 5.74) is 3.29. The molecule has 2 heterocycles. The van der Waals surface area contributed by atoms with E-state index in [1.807, 2.05) is 37.4 Å². The van der Waals surface area contributed by atoms with Crippen LogP contribution in [0.15, 0.2) is 59.1 Å². The number of rotatable bonds is 5. The second-order valence-corrected chi connectivity index (χ2v) is 9.62. The van der Waals surface area contributed by atoms with Crippen molar-refractivity contribution < 1.29 is 9.32 Å². The van der Waals surface area contributed by atoms with Gasteiger partial charge < -0.3 is 9.42 Å². The molecule has 0 aliphatic carbocycles. The van der Waals surface area contributed by atoms with E-state index >= 15 is 0 Å². The lowest BCUT2D eigenvalue weighted by atomic mass is 9.87. The number of aromatic nitrogens is 2. The van der Waals surface area contributed by atoms with Crippen LogP contribution in [0.2, 0.25) is 0 Å². The zero-order chi connectivity index (χ0) is 22.7. The summed E-state index contributed by atoms with van der Waals surface area (Å²) in [5, 5.41) is 4.17. The van der Waals surface area contributed by atoms with Crippen molar-refractivity contribution in [1.82, 2.24) is 15.0 Å². The van der Waals surface area contributed by atoms with Crippen molar-refractivity contribution in [2.75, 3.05) is 25.0 Å². The number of para-hydroxylation sites is 1. The van der Waals surface area contributed by atoms with Gasteiger partial charge in [0.15, 0.2) is 0 Å². The van der Waals surface area contributed by atoms with Crippen molar-refractivity contribution >= 4 is 11.6 Å². The van der Waals surface area contributed by atoms with Gasteiger partial charge in [-0.1, -0.05) is 68.4 Å². The van der Waals surface area contributed by atoms with Crippen LogP contribution in [-0.2, 0) is 16.8 Å². The van der Waals surface area contributed by atoms with E-state index < -0.39 is 0 Å². The largest absolute Gasteiger partial charge is 0.338 e. The maximum absolute atomic E-state index is 12.9. The third-order valence-corrected chi connectivity index (χ3v) is 6.25. The van der Waals surface area contributed by atoms with Crippen molar-refractivity contribution in [3.8, 4) is 11.4 Å². The van der Waals surface area contributed by atoms with Crippen molar-refractivity contribution in [3.63, 3.8) is 0 Å². The molecule has 1 amide bonds. The van der Waals surface area contributed by atoms with E-state index in [1.165, 1.54) is 5.56 Å². The van der Waals surface area contributed by atoms with Crippen LogP contribution < -0.4 is 4.90 Å². The third-order valence-electron chi connectivity index (χ3n) is 6.25. The number of hydrogen-bond donors (Lipinski definition) is 0. The van der Waals surface area contributed by atoms with E-state index in [0.717, 1.165) is 37.2 Å². The summed E-state index contributed by atoms with van der Waals surface area (Å²) in [6.07, 6.45) is 1.68. The molecule has 0 unspecified atom stereocenters. The highest BCUT2D eigenvalue weighted by atomic mass is 16.5. The topological polar surface area (TPSA) is 62.5 Å². The minimum Gasteiger partial charge on any atom is -0.338 e. The number of anilines is 1. The van der Waals surface area contributed by atoms with Gasteiger partial charge in [0, 0.05) is 24.2 Å². The third kappa shape index (κ3) is 5.07. The van der Waals surface area contributed by atoms with Crippen molar-refractivity contribution in [1.29, 1.82) is 0 Å². The fourth-order valence-corrected chi connectivity index (χ4v) is 4.14. The molecular weight excluding hydrogens is 400 g/mol. The molecule has 1 aromatic heterocycles. The Kier molecular flexibility index (Phi) is 6.42. The first kappa shape index (κ1) is 22.2. The molecule has 3 aromatic rings. The highest BCUT2D eigenvalue weighted by molar-refractivity contribution is 5.94. The minimum atomic E-state index is 0.0519. The van der Waals surface area contributed by atoms with Crippen LogP contribution >= 0.6 is 0 Å². The summed E-state index contributed by atoms with van der Waals surface area (Å²) in [5.74, 6) is 1.48. The molecule has 2 aromatic carbocycles. The van der Waals surface area contributed by atoms with Crippen LogP contribution in [-0.4, -0.2) is 41.1 Å². The first-order chi connectivity index (χ1) is 15.3. The zero-order valence-corrected chi connectivity index (χ0v) is 19.4. The molecule has 1 aliphatic rings. The lowest BCUT2D eigenvalue weighted by molar-refractivity contribution is -0.123. The highest BCUT2D eigenvalue weighted by Gasteiger charge is 2.28. The van der Waals surface area contributed by atoms with Crippen LogP contribution in [0.25, 0.3) is 11.4 Å². The summed E-state index contributed by atoms with van der Waals surface area (Å²) >= 11 is 0. The lowest BCUT2D eigenvalue weighted by Crippen LogP contribution is -2.41. The molecule has 168 valence electrons. The Morgan fingerprint density at radius 3 is 2.34 bits per heavy atom. The molecule has 6 heteroatoms. The SMILES string of the molecule is CN(C(=O)C1CCN(Cc2nc(-c3ccc(C(C)(C)C)cc3)no2)CC1)c1ccccc1. The summed E-state index contributed by atoms with van der Waals surface area (Å²) in [6.45, 7) is 8.90. The second-order valence-electron chi connectivity index (χ2n) is 9.62. The standard InChI is InChI=1S/C26H32N4O2/c1-26(2,3)21-12-10-19(11-13-21)24-27-23(32-28-24)18-30-16-14-20(15-17-30)25(31)29(4)22-8-6-5-7-9-22/h5-13,20H,14-18H2,1-4H3. The minimum absolute atomic E-state index is 0.0519. The lowest BCUT2D eigenvalue weighted by Gasteiger charge is -2.32. The summed E-state index contributed by atoms with van der Waals surface area (Å²) < 4.78 is 5.51. The smallest absolute Gasteiger partial charge is 0.241 e. The van der Waals surface area contributed by atoms with Crippen LogP contribution in [0.3, 0.4) is 0 Å². The van der Waals surface area contributed by atoms with Gasteiger partial charge in [-0.05, 0) is 49.0 Å². The number of amides is 1. The maximum Gasteiger partial charge on any atom is 0.241 e. The quantitative estimate of drug-likeness (QED) is 0.573. The average Bonchev–Trinajstić information content (AvgIpc) is 3.27. The fraction of sp³-hybridized carbons (Fsp3) is 0.423. The van der Waals surface area contributed by atoms with Gasteiger partial charge in [-0.15, -0.1) is 0 Å². The number of likely N-dealkylation sites (tertiary alicyclic amines) is 1. The number of benzene rings is 2. The van der Waals surface area contributed by atoms with Gasteiger partial charge in [-0.2, -0.15) is 4.98 Å². The number of carbonyl (C=O) groups is 1. The number of piperidine rings is 1. The van der Waals surface area contributed by atoms with E-state index in [1.54, 1.807) is 4.90 Å². The Morgan fingerprint density at radius 2 is 1.72 bits per heavy atom. The first-order valence-electron chi connectivity index (χ1n) is 11.3. The molecule has 0 saturated carbocycles. The van der Waals surface area contributed by atoms with Gasteiger partial charge in [0.2, 0.25) is 17.6 Å². The van der Waals surface area contributed by atoms with E-state index in [4.69, 9.17) is 4.52 Å². The predicted molar refractivity (Wildman–Crippen MR) is 126 cm³/mol. The Bertz CT molecular complexity index is 1030. The molecule has 1 saturated heterocycles. The molecular formula is C26H32N4O2. The molecule has 0 N–H and O–H groups in total. The van der Waals surface area contributed by atoms with Gasteiger partial charge in [-0.25, -0.2) is 0 Å². The van der Waals surface area contributed by atoms with Crippen molar-refractivity contribution in [3.05, 3.63) is 66.1 Å². The molecule has 6 nitrogen and oxygen atoms in total. The Hall–Kier alpha value is -2.99. The van der Waals surface area contributed by atoms with Crippen molar-refractivity contribution in [2.45, 2.75) is 45.6 Å². The summed E-state index contributed by atoms with van der Waals surface area (Å²) in [6, 6.07) is 18.2. The number of hydrogen-bond acceptors (Lipinski definition) is 5. The van der Waals surface area contributed by atoms with Gasteiger partial charge in [0.1, 0.15) is 0 Å². The zero-order valence-electron chi connectivity index (χ0n) is 19.4. The van der Waals surface area contributed by atoms with Crippen LogP contribution in [0.4, 0.5) is 5.69 Å². The van der Waals surface area contributed by atoms with Gasteiger partial charge in [-0.3, -0.25) is 9.69 Å². The van der Waals surface area contributed by atoms with E-state index in [-0.39, 0.29) is 17.2 Å². The van der Waals surface area contributed by atoms with Crippen LogP contribution in [0.1, 0.15) is 45.1 Å². The molecule has 32 heavy (non-hydrogen) atoms.